The molecule has 0 atom stereocenters. The number of hydrogen-bond acceptors (Lipinski definition) is 4. The lowest BCUT2D eigenvalue weighted by atomic mass is 10.3. The average molecular weight is 303 g/mol. The lowest BCUT2D eigenvalue weighted by Crippen LogP contribution is -2.17. The summed E-state index contributed by atoms with van der Waals surface area (Å²) in [6.07, 6.45) is -0.0416. The van der Waals surface area contributed by atoms with Crippen LogP contribution in [0, 0.1) is 0 Å². The van der Waals surface area contributed by atoms with Crippen LogP contribution < -0.4 is 4.72 Å². The second-order valence-electron chi connectivity index (χ2n) is 3.85. The van der Waals surface area contributed by atoms with E-state index in [9.17, 15) is 13.2 Å². The lowest BCUT2D eigenvalue weighted by molar-refractivity contribution is -0.137. The van der Waals surface area contributed by atoms with Gasteiger partial charge in [-0.25, -0.2) is 8.42 Å². The number of para-hydroxylation sites is 1. The Kier molecular flexibility index (Phi) is 6.17. The summed E-state index contributed by atoms with van der Waals surface area (Å²) in [7, 11) is -3.50. The summed E-state index contributed by atoms with van der Waals surface area (Å²) in [6.45, 7) is 1.99. The van der Waals surface area contributed by atoms with Crippen LogP contribution in [0.5, 0.6) is 0 Å². The smallest absolute Gasteiger partial charge is 0.303 e. The minimum Gasteiger partial charge on any atom is -0.481 e. The van der Waals surface area contributed by atoms with Gasteiger partial charge in [0.1, 0.15) is 0 Å². The van der Waals surface area contributed by atoms with E-state index in [1.165, 1.54) is 0 Å². The number of carboxylic acids is 1. The van der Waals surface area contributed by atoms with Crippen molar-refractivity contribution in [3.8, 4) is 0 Å². The van der Waals surface area contributed by atoms with Gasteiger partial charge >= 0.3 is 5.97 Å². The first kappa shape index (κ1) is 15.8. The van der Waals surface area contributed by atoms with Gasteiger partial charge in [-0.1, -0.05) is 19.1 Å². The molecular formula is C12H17NO4S2. The quantitative estimate of drug-likeness (QED) is 0.721. The average Bonchev–Trinajstić information content (AvgIpc) is 2.31. The number of thioether (sulfide) groups is 1. The molecule has 0 unspecified atom stereocenters. The number of hydrogen-bond donors (Lipinski definition) is 2. The maximum atomic E-state index is 11.8. The topological polar surface area (TPSA) is 83.5 Å². The predicted molar refractivity (Wildman–Crippen MR) is 77.1 cm³/mol. The van der Waals surface area contributed by atoms with Gasteiger partial charge in [0.15, 0.2) is 0 Å². The zero-order valence-corrected chi connectivity index (χ0v) is 12.3. The zero-order valence-electron chi connectivity index (χ0n) is 10.6. The van der Waals surface area contributed by atoms with Crippen molar-refractivity contribution < 1.29 is 18.3 Å². The van der Waals surface area contributed by atoms with Crippen molar-refractivity contribution >= 4 is 33.4 Å². The highest BCUT2D eigenvalue weighted by Crippen LogP contribution is 2.27. The van der Waals surface area contributed by atoms with Crippen molar-refractivity contribution in [1.29, 1.82) is 0 Å². The van der Waals surface area contributed by atoms with E-state index in [1.54, 1.807) is 23.9 Å². The van der Waals surface area contributed by atoms with Crippen LogP contribution in [0.1, 0.15) is 19.8 Å². The van der Waals surface area contributed by atoms with E-state index in [0.29, 0.717) is 5.69 Å². The van der Waals surface area contributed by atoms with Gasteiger partial charge in [-0.05, 0) is 24.3 Å². The van der Waals surface area contributed by atoms with Gasteiger partial charge in [0.05, 0.1) is 11.4 Å². The van der Waals surface area contributed by atoms with E-state index in [4.69, 9.17) is 5.11 Å². The van der Waals surface area contributed by atoms with Crippen LogP contribution in [0.25, 0.3) is 0 Å². The molecule has 106 valence electrons. The third kappa shape index (κ3) is 5.98. The van der Waals surface area contributed by atoms with E-state index in [2.05, 4.69) is 4.72 Å². The number of aliphatic carboxylic acids is 1. The van der Waals surface area contributed by atoms with Crippen LogP contribution in [-0.4, -0.2) is 31.0 Å². The number of anilines is 1. The molecule has 19 heavy (non-hydrogen) atoms. The van der Waals surface area contributed by atoms with Crippen LogP contribution in [0.4, 0.5) is 5.69 Å². The van der Waals surface area contributed by atoms with Gasteiger partial charge in [-0.3, -0.25) is 9.52 Å². The van der Waals surface area contributed by atoms with Crippen LogP contribution in [-0.2, 0) is 14.8 Å². The van der Waals surface area contributed by atoms with Crippen molar-refractivity contribution in [1.82, 2.24) is 0 Å². The minimum atomic E-state index is -3.50. The standard InChI is InChI=1S/C12H17NO4S2/c1-2-18-11-7-4-3-6-10(11)13-19(16,17)9-5-8-12(14)15/h3-4,6-7,13H,2,5,8-9H2,1H3,(H,14,15). The number of benzene rings is 1. The molecule has 0 bridgehead atoms. The first-order chi connectivity index (χ1) is 8.94. The molecule has 2 N–H and O–H groups in total. The van der Waals surface area contributed by atoms with Gasteiger partial charge in [0.2, 0.25) is 10.0 Å². The van der Waals surface area contributed by atoms with Gasteiger partial charge < -0.3 is 5.11 Å². The Hall–Kier alpha value is -1.21. The molecule has 7 heteroatoms. The van der Waals surface area contributed by atoms with Crippen LogP contribution in [0.3, 0.4) is 0 Å². The van der Waals surface area contributed by atoms with Crippen LogP contribution in [0.15, 0.2) is 29.2 Å². The lowest BCUT2D eigenvalue weighted by Gasteiger charge is -2.11. The van der Waals surface area contributed by atoms with Crippen LogP contribution >= 0.6 is 11.8 Å². The Morgan fingerprint density at radius 2 is 2.05 bits per heavy atom. The number of nitrogens with one attached hydrogen (secondary N) is 1. The molecule has 1 aromatic carbocycles. The SMILES string of the molecule is CCSc1ccccc1NS(=O)(=O)CCCC(=O)O. The maximum absolute atomic E-state index is 11.8. The van der Waals surface area contributed by atoms with Gasteiger partial charge in [0, 0.05) is 11.3 Å². The third-order valence-electron chi connectivity index (χ3n) is 2.26. The molecule has 0 amide bonds. The summed E-state index contributed by atoms with van der Waals surface area (Å²) in [5.41, 5.74) is 0.546. The third-order valence-corrected chi connectivity index (χ3v) is 4.57. The fraction of sp³-hybridized carbons (Fsp3) is 0.417. The number of carbonyl (C=O) groups is 1. The Morgan fingerprint density at radius 1 is 1.37 bits per heavy atom. The summed E-state index contributed by atoms with van der Waals surface area (Å²) in [5.74, 6) is -0.334. The Morgan fingerprint density at radius 3 is 2.68 bits per heavy atom. The second-order valence-corrected chi connectivity index (χ2v) is 7.00. The highest BCUT2D eigenvalue weighted by Gasteiger charge is 2.13. The summed E-state index contributed by atoms with van der Waals surface area (Å²) in [5, 5.41) is 8.50. The second kappa shape index (κ2) is 7.40. The molecule has 0 saturated heterocycles. The summed E-state index contributed by atoms with van der Waals surface area (Å²) in [4.78, 5) is 11.2. The first-order valence-corrected chi connectivity index (χ1v) is 8.52. The molecule has 0 fully saturated rings. The summed E-state index contributed by atoms with van der Waals surface area (Å²) in [6, 6.07) is 7.16. The van der Waals surface area contributed by atoms with Gasteiger partial charge in [0.25, 0.3) is 0 Å². The molecule has 0 aromatic heterocycles. The van der Waals surface area contributed by atoms with Crippen molar-refractivity contribution in [2.45, 2.75) is 24.7 Å². The number of sulfonamides is 1. The van der Waals surface area contributed by atoms with Gasteiger partial charge in [-0.15, -0.1) is 11.8 Å². The molecule has 0 saturated carbocycles. The van der Waals surface area contributed by atoms with Crippen LogP contribution in [0.2, 0.25) is 0 Å². The maximum Gasteiger partial charge on any atom is 0.303 e. The first-order valence-electron chi connectivity index (χ1n) is 5.88. The van der Waals surface area contributed by atoms with E-state index in [1.807, 2.05) is 19.1 Å². The molecule has 1 aromatic rings. The van der Waals surface area contributed by atoms with Crippen molar-refractivity contribution in [2.75, 3.05) is 16.2 Å². The minimum absolute atomic E-state index is 0.105. The molecule has 0 aliphatic carbocycles. The molecule has 5 nitrogen and oxygen atoms in total. The number of rotatable bonds is 8. The molecule has 0 spiro atoms. The molecule has 0 radical (unpaired) electrons. The van der Waals surface area contributed by atoms with Crippen molar-refractivity contribution in [3.05, 3.63) is 24.3 Å². The Labute approximate surface area is 117 Å². The highest BCUT2D eigenvalue weighted by atomic mass is 32.2. The fourth-order valence-corrected chi connectivity index (χ4v) is 3.43. The fourth-order valence-electron chi connectivity index (χ4n) is 1.46. The van der Waals surface area contributed by atoms with Crippen molar-refractivity contribution in [3.63, 3.8) is 0 Å². The zero-order chi connectivity index (χ0) is 14.3. The van der Waals surface area contributed by atoms with E-state index in [0.717, 1.165) is 10.6 Å². The van der Waals surface area contributed by atoms with Crippen molar-refractivity contribution in [2.24, 2.45) is 0 Å². The van der Waals surface area contributed by atoms with E-state index >= 15 is 0 Å². The molecule has 0 aliphatic rings. The predicted octanol–water partition coefficient (Wildman–Crippen LogP) is 2.41. The largest absolute Gasteiger partial charge is 0.481 e. The summed E-state index contributed by atoms with van der Waals surface area (Å²) >= 11 is 1.55. The summed E-state index contributed by atoms with van der Waals surface area (Å²) < 4.78 is 26.2. The highest BCUT2D eigenvalue weighted by molar-refractivity contribution is 7.99. The molecule has 1 rings (SSSR count). The monoisotopic (exact) mass is 303 g/mol. The van der Waals surface area contributed by atoms with E-state index in [-0.39, 0.29) is 18.6 Å². The Balaban J connectivity index is 2.69. The van der Waals surface area contributed by atoms with Gasteiger partial charge in [-0.2, -0.15) is 0 Å². The number of carboxylic acid groups (broad SMARTS) is 1. The molecular weight excluding hydrogens is 286 g/mol. The normalized spacial score (nSPS) is 11.2. The Bertz CT molecular complexity index is 528. The molecule has 0 heterocycles. The van der Waals surface area contributed by atoms with E-state index < -0.39 is 16.0 Å². The molecule has 0 aliphatic heterocycles.